The van der Waals surface area contributed by atoms with E-state index in [-0.39, 0.29) is 5.72 Å². The van der Waals surface area contributed by atoms with Crippen LogP contribution in [0.4, 0.5) is 17.2 Å². The second kappa shape index (κ2) is 7.41. The Bertz CT molecular complexity index is 957. The van der Waals surface area contributed by atoms with Gasteiger partial charge in [-0.25, -0.2) is 4.98 Å². The molecule has 2 aliphatic rings. The third-order valence-corrected chi connectivity index (χ3v) is 5.93. The first kappa shape index (κ1) is 18.0. The molecule has 1 unspecified atom stereocenters. The molecule has 1 atom stereocenters. The Kier molecular flexibility index (Phi) is 4.60. The molecule has 3 aromatic rings. The molecule has 5 nitrogen and oxygen atoms in total. The molecule has 0 radical (unpaired) electrons. The Morgan fingerprint density at radius 2 is 1.55 bits per heavy atom. The van der Waals surface area contributed by atoms with Crippen LogP contribution in [0.2, 0.25) is 0 Å². The Labute approximate surface area is 172 Å². The monoisotopic (exact) mass is 386 g/mol. The lowest BCUT2D eigenvalue weighted by Crippen LogP contribution is -2.63. The quantitative estimate of drug-likeness (QED) is 0.675. The van der Waals surface area contributed by atoms with E-state index in [1.54, 1.807) is 0 Å². The molecule has 0 saturated carbocycles. The lowest BCUT2D eigenvalue weighted by atomic mass is 10.1. The molecule has 0 aliphatic carbocycles. The summed E-state index contributed by atoms with van der Waals surface area (Å²) in [6.07, 6.45) is 1.86. The first-order chi connectivity index (χ1) is 14.2. The molecule has 1 saturated heterocycles. The number of nitrogens with zero attached hydrogens (tertiary/aromatic N) is 4. The van der Waals surface area contributed by atoms with Crippen LogP contribution in [0.15, 0.2) is 79.0 Å². The van der Waals surface area contributed by atoms with Gasteiger partial charge < -0.3 is 14.5 Å². The van der Waals surface area contributed by atoms with Crippen LogP contribution in [0.25, 0.3) is 0 Å². The Morgan fingerprint density at radius 3 is 2.31 bits per heavy atom. The molecule has 1 fully saturated rings. The van der Waals surface area contributed by atoms with Crippen molar-refractivity contribution >= 4 is 17.2 Å². The van der Waals surface area contributed by atoms with E-state index >= 15 is 0 Å². The number of fused-ring (bicyclic) bond motifs is 1. The van der Waals surface area contributed by atoms with Gasteiger partial charge in [0.2, 0.25) is 0 Å². The number of pyridine rings is 1. The van der Waals surface area contributed by atoms with Crippen molar-refractivity contribution < 1.29 is 4.74 Å². The fourth-order valence-electron chi connectivity index (χ4n) is 4.37. The van der Waals surface area contributed by atoms with Gasteiger partial charge in [-0.05, 0) is 43.3 Å². The van der Waals surface area contributed by atoms with Crippen molar-refractivity contribution in [2.45, 2.75) is 12.6 Å². The van der Waals surface area contributed by atoms with Gasteiger partial charge >= 0.3 is 0 Å². The minimum atomic E-state index is -0.388. The summed E-state index contributed by atoms with van der Waals surface area (Å²) in [6, 6.07) is 25.0. The molecule has 5 rings (SSSR count). The van der Waals surface area contributed by atoms with Crippen molar-refractivity contribution in [1.82, 2.24) is 9.88 Å². The molecule has 5 heteroatoms. The third kappa shape index (κ3) is 3.42. The van der Waals surface area contributed by atoms with E-state index in [1.165, 1.54) is 5.69 Å². The van der Waals surface area contributed by atoms with Crippen LogP contribution >= 0.6 is 0 Å². The van der Waals surface area contributed by atoms with Crippen molar-refractivity contribution in [1.29, 1.82) is 0 Å². The predicted molar refractivity (Wildman–Crippen MR) is 117 cm³/mol. The smallest absolute Gasteiger partial charge is 0.178 e. The highest BCUT2D eigenvalue weighted by molar-refractivity contribution is 5.70. The lowest BCUT2D eigenvalue weighted by Gasteiger charge is -2.50. The summed E-state index contributed by atoms with van der Waals surface area (Å²) in [5, 5.41) is 0. The fraction of sp³-hybridized carbons (Fsp3) is 0.292. The second-order valence-corrected chi connectivity index (χ2v) is 7.83. The SMILES string of the molecule is CC1(N2CCN(c3ccccn3)CC2)CN(c2ccccc2)c2ccccc2O1. The summed E-state index contributed by atoms with van der Waals surface area (Å²) in [7, 11) is 0. The molecule has 0 N–H and O–H groups in total. The van der Waals surface area contributed by atoms with Crippen molar-refractivity contribution in [2.24, 2.45) is 0 Å². The summed E-state index contributed by atoms with van der Waals surface area (Å²) in [5.41, 5.74) is 1.94. The van der Waals surface area contributed by atoms with E-state index in [2.05, 4.69) is 87.3 Å². The van der Waals surface area contributed by atoms with Gasteiger partial charge in [-0.2, -0.15) is 0 Å². The predicted octanol–water partition coefficient (Wildman–Crippen LogP) is 4.15. The van der Waals surface area contributed by atoms with E-state index in [0.717, 1.165) is 50.0 Å². The topological polar surface area (TPSA) is 31.8 Å². The average Bonchev–Trinajstić information content (AvgIpc) is 2.80. The minimum Gasteiger partial charge on any atom is -0.469 e. The highest BCUT2D eigenvalue weighted by Gasteiger charge is 2.42. The van der Waals surface area contributed by atoms with Crippen molar-refractivity contribution in [3.05, 3.63) is 79.0 Å². The summed E-state index contributed by atoms with van der Waals surface area (Å²) in [4.78, 5) is 11.7. The Morgan fingerprint density at radius 1 is 0.828 bits per heavy atom. The molecule has 0 spiro atoms. The van der Waals surface area contributed by atoms with Gasteiger partial charge in [-0.1, -0.05) is 36.4 Å². The van der Waals surface area contributed by atoms with Crippen LogP contribution in [-0.2, 0) is 0 Å². The van der Waals surface area contributed by atoms with Crippen LogP contribution in [0.1, 0.15) is 6.92 Å². The number of rotatable bonds is 3. The zero-order valence-electron chi connectivity index (χ0n) is 16.7. The third-order valence-electron chi connectivity index (χ3n) is 5.93. The molecule has 29 heavy (non-hydrogen) atoms. The zero-order chi connectivity index (χ0) is 19.7. The summed E-state index contributed by atoms with van der Waals surface area (Å²) in [6.45, 7) is 6.79. The normalized spacial score (nSPS) is 22.1. The average molecular weight is 386 g/mol. The van der Waals surface area contributed by atoms with Gasteiger partial charge in [0, 0.05) is 38.1 Å². The number of piperazine rings is 1. The summed E-state index contributed by atoms with van der Waals surface area (Å²) >= 11 is 0. The fourth-order valence-corrected chi connectivity index (χ4v) is 4.37. The standard InChI is InChI=1S/C24H26N4O/c1-24(27-17-15-26(16-18-27)23-13-7-8-14-25-23)19-28(20-9-3-2-4-10-20)21-11-5-6-12-22(21)29-24/h2-14H,15-19H2,1H3. The van der Waals surface area contributed by atoms with E-state index in [9.17, 15) is 0 Å². The summed E-state index contributed by atoms with van der Waals surface area (Å²) in [5.74, 6) is 2.00. The first-order valence-corrected chi connectivity index (χ1v) is 10.2. The number of ether oxygens (including phenoxy) is 1. The van der Waals surface area contributed by atoms with Gasteiger partial charge in [-0.3, -0.25) is 4.90 Å². The number of hydrogen-bond acceptors (Lipinski definition) is 5. The van der Waals surface area contributed by atoms with Crippen molar-refractivity contribution in [2.75, 3.05) is 42.5 Å². The van der Waals surface area contributed by atoms with Crippen LogP contribution in [0, 0.1) is 0 Å². The lowest BCUT2D eigenvalue weighted by molar-refractivity contribution is -0.0708. The second-order valence-electron chi connectivity index (χ2n) is 7.83. The van der Waals surface area contributed by atoms with Gasteiger partial charge in [0.1, 0.15) is 11.6 Å². The molecular formula is C24H26N4O. The molecule has 2 aliphatic heterocycles. The number of para-hydroxylation sites is 3. The van der Waals surface area contributed by atoms with Crippen LogP contribution in [0.5, 0.6) is 5.75 Å². The van der Waals surface area contributed by atoms with Crippen LogP contribution in [0.3, 0.4) is 0 Å². The summed E-state index contributed by atoms with van der Waals surface area (Å²) < 4.78 is 6.60. The number of anilines is 3. The van der Waals surface area contributed by atoms with E-state index in [0.29, 0.717) is 0 Å². The number of aromatic nitrogens is 1. The Hall–Kier alpha value is -3.05. The van der Waals surface area contributed by atoms with Crippen molar-refractivity contribution in [3.8, 4) is 5.75 Å². The maximum atomic E-state index is 6.60. The minimum absolute atomic E-state index is 0.388. The maximum absolute atomic E-state index is 6.60. The molecule has 148 valence electrons. The molecule has 0 bridgehead atoms. The van der Waals surface area contributed by atoms with Crippen LogP contribution in [-0.4, -0.2) is 48.3 Å². The molecule has 1 aromatic heterocycles. The molecule has 2 aromatic carbocycles. The number of hydrogen-bond donors (Lipinski definition) is 0. The number of benzene rings is 2. The maximum Gasteiger partial charge on any atom is 0.178 e. The highest BCUT2D eigenvalue weighted by Crippen LogP contribution is 2.42. The van der Waals surface area contributed by atoms with Crippen molar-refractivity contribution in [3.63, 3.8) is 0 Å². The van der Waals surface area contributed by atoms with E-state index < -0.39 is 0 Å². The molecule has 0 amide bonds. The molecule has 3 heterocycles. The van der Waals surface area contributed by atoms with Gasteiger partial charge in [0.15, 0.2) is 5.72 Å². The van der Waals surface area contributed by atoms with Gasteiger partial charge in [0.05, 0.1) is 12.2 Å². The van der Waals surface area contributed by atoms with Gasteiger partial charge in [-0.15, -0.1) is 0 Å². The zero-order valence-corrected chi connectivity index (χ0v) is 16.7. The van der Waals surface area contributed by atoms with Crippen LogP contribution < -0.4 is 14.5 Å². The first-order valence-electron chi connectivity index (χ1n) is 10.2. The van der Waals surface area contributed by atoms with E-state index in [4.69, 9.17) is 4.74 Å². The molecular weight excluding hydrogens is 360 g/mol. The van der Waals surface area contributed by atoms with Gasteiger partial charge in [0.25, 0.3) is 0 Å². The largest absolute Gasteiger partial charge is 0.469 e. The Balaban J connectivity index is 1.39. The highest BCUT2D eigenvalue weighted by atomic mass is 16.5. The van der Waals surface area contributed by atoms with E-state index in [1.807, 2.05) is 18.3 Å².